The van der Waals surface area contributed by atoms with E-state index in [0.717, 1.165) is 21.5 Å². The van der Waals surface area contributed by atoms with Crippen molar-refractivity contribution in [1.29, 1.82) is 0 Å². The fourth-order valence-electron chi connectivity index (χ4n) is 3.73. The first-order chi connectivity index (χ1) is 15.8. The highest BCUT2D eigenvalue weighted by Crippen LogP contribution is 2.42. The number of carbonyl (C=O) groups excluding carboxylic acids is 2. The van der Waals surface area contributed by atoms with Crippen LogP contribution in [0.25, 0.3) is 5.76 Å². The SMILES string of the molecule is CCOc1ccc(C2/C(=C(\O)c3ccc(Br)cc3)C(=O)C(=O)N2c2ccc(F)c(F)c2)cc1. The Bertz CT molecular complexity index is 1260. The fraction of sp³-hybridized carbons (Fsp3) is 0.120. The van der Waals surface area contributed by atoms with E-state index >= 15 is 0 Å². The van der Waals surface area contributed by atoms with Crippen molar-refractivity contribution in [2.75, 3.05) is 11.5 Å². The van der Waals surface area contributed by atoms with E-state index in [9.17, 15) is 23.5 Å². The molecule has 1 fully saturated rings. The van der Waals surface area contributed by atoms with Crippen molar-refractivity contribution >= 4 is 39.1 Å². The van der Waals surface area contributed by atoms with Gasteiger partial charge in [0.15, 0.2) is 11.6 Å². The molecule has 0 aliphatic carbocycles. The van der Waals surface area contributed by atoms with Crippen molar-refractivity contribution in [1.82, 2.24) is 0 Å². The molecule has 1 amide bonds. The average molecular weight is 514 g/mol. The molecule has 3 aromatic carbocycles. The van der Waals surface area contributed by atoms with Gasteiger partial charge in [-0.15, -0.1) is 0 Å². The van der Waals surface area contributed by atoms with Gasteiger partial charge in [0.1, 0.15) is 11.5 Å². The molecule has 1 N–H and O–H groups in total. The first kappa shape index (κ1) is 22.7. The molecule has 33 heavy (non-hydrogen) atoms. The molecule has 0 saturated carbocycles. The molecule has 1 aliphatic heterocycles. The molecule has 0 radical (unpaired) electrons. The Balaban J connectivity index is 1.91. The summed E-state index contributed by atoms with van der Waals surface area (Å²) in [6, 6.07) is 15.1. The normalized spacial score (nSPS) is 17.5. The number of amides is 1. The second-order valence-corrected chi connectivity index (χ2v) is 8.19. The van der Waals surface area contributed by atoms with E-state index in [1.165, 1.54) is 6.07 Å². The maximum Gasteiger partial charge on any atom is 0.300 e. The van der Waals surface area contributed by atoms with Gasteiger partial charge in [0, 0.05) is 21.8 Å². The summed E-state index contributed by atoms with van der Waals surface area (Å²) in [7, 11) is 0. The lowest BCUT2D eigenvalue weighted by Crippen LogP contribution is -2.29. The number of Topliss-reactive ketones (excluding diaryl/α,β-unsaturated/α-hetero) is 1. The maximum atomic E-state index is 14.0. The van der Waals surface area contributed by atoms with Crippen molar-refractivity contribution in [2.24, 2.45) is 0 Å². The van der Waals surface area contributed by atoms with E-state index in [0.29, 0.717) is 23.5 Å². The number of aliphatic hydroxyl groups excluding tert-OH is 1. The van der Waals surface area contributed by atoms with Gasteiger partial charge < -0.3 is 9.84 Å². The minimum Gasteiger partial charge on any atom is -0.507 e. The molecule has 8 heteroatoms. The Labute approximate surface area is 197 Å². The second-order valence-electron chi connectivity index (χ2n) is 7.28. The predicted molar refractivity (Wildman–Crippen MR) is 123 cm³/mol. The third-order valence-electron chi connectivity index (χ3n) is 5.25. The zero-order valence-corrected chi connectivity index (χ0v) is 19.0. The molecule has 1 atom stereocenters. The van der Waals surface area contributed by atoms with Gasteiger partial charge in [0.2, 0.25) is 0 Å². The number of ether oxygens (including phenoxy) is 1. The molecular weight excluding hydrogens is 496 g/mol. The smallest absolute Gasteiger partial charge is 0.300 e. The number of hydrogen-bond donors (Lipinski definition) is 1. The van der Waals surface area contributed by atoms with Gasteiger partial charge in [-0.3, -0.25) is 14.5 Å². The fourth-order valence-corrected chi connectivity index (χ4v) is 3.99. The highest BCUT2D eigenvalue weighted by molar-refractivity contribution is 9.10. The van der Waals surface area contributed by atoms with Gasteiger partial charge in [-0.1, -0.05) is 40.2 Å². The Morgan fingerprint density at radius 1 is 1.00 bits per heavy atom. The highest BCUT2D eigenvalue weighted by atomic mass is 79.9. The Hall–Kier alpha value is -3.52. The summed E-state index contributed by atoms with van der Waals surface area (Å²) in [6.07, 6.45) is 0. The Kier molecular flexibility index (Phi) is 6.29. The lowest BCUT2D eigenvalue weighted by molar-refractivity contribution is -0.132. The van der Waals surface area contributed by atoms with Crippen molar-refractivity contribution in [2.45, 2.75) is 13.0 Å². The van der Waals surface area contributed by atoms with Crippen LogP contribution in [0.15, 0.2) is 76.8 Å². The Morgan fingerprint density at radius 2 is 1.67 bits per heavy atom. The number of benzene rings is 3. The molecule has 4 rings (SSSR count). The van der Waals surface area contributed by atoms with Crippen LogP contribution >= 0.6 is 15.9 Å². The molecule has 1 heterocycles. The van der Waals surface area contributed by atoms with Crippen molar-refractivity contribution in [3.8, 4) is 5.75 Å². The Morgan fingerprint density at radius 3 is 2.27 bits per heavy atom. The largest absolute Gasteiger partial charge is 0.507 e. The number of carbonyl (C=O) groups is 2. The highest BCUT2D eigenvalue weighted by Gasteiger charge is 2.47. The quantitative estimate of drug-likeness (QED) is 0.268. The minimum absolute atomic E-state index is 0.00950. The van der Waals surface area contributed by atoms with Crippen LogP contribution in [0, 0.1) is 11.6 Å². The van der Waals surface area contributed by atoms with Gasteiger partial charge in [-0.05, 0) is 48.9 Å². The van der Waals surface area contributed by atoms with Crippen molar-refractivity contribution < 1.29 is 28.2 Å². The van der Waals surface area contributed by atoms with Gasteiger partial charge in [0.05, 0.1) is 18.2 Å². The van der Waals surface area contributed by atoms with Crippen LogP contribution in [-0.2, 0) is 9.59 Å². The summed E-state index contributed by atoms with van der Waals surface area (Å²) in [5.41, 5.74) is 0.652. The van der Waals surface area contributed by atoms with E-state index in [1.54, 1.807) is 48.5 Å². The average Bonchev–Trinajstić information content (AvgIpc) is 3.07. The number of halogens is 3. The third-order valence-corrected chi connectivity index (χ3v) is 5.78. The maximum absolute atomic E-state index is 14.0. The molecule has 5 nitrogen and oxygen atoms in total. The number of anilines is 1. The molecule has 1 saturated heterocycles. The lowest BCUT2D eigenvalue weighted by Gasteiger charge is -2.25. The van der Waals surface area contributed by atoms with Crippen LogP contribution in [0.2, 0.25) is 0 Å². The molecule has 1 unspecified atom stereocenters. The minimum atomic E-state index is -1.16. The van der Waals surface area contributed by atoms with Crippen LogP contribution in [0.5, 0.6) is 5.75 Å². The molecule has 0 aromatic heterocycles. The number of ketones is 1. The van der Waals surface area contributed by atoms with Crippen molar-refractivity contribution in [3.63, 3.8) is 0 Å². The topological polar surface area (TPSA) is 66.8 Å². The molecule has 0 bridgehead atoms. The molecular formula is C25H18BrF2NO4. The third kappa shape index (κ3) is 4.26. The second kappa shape index (κ2) is 9.15. The summed E-state index contributed by atoms with van der Waals surface area (Å²) in [5.74, 6) is -3.92. The summed E-state index contributed by atoms with van der Waals surface area (Å²) in [5, 5.41) is 11.0. The van der Waals surface area contributed by atoms with Crippen molar-refractivity contribution in [3.05, 3.63) is 99.5 Å². The van der Waals surface area contributed by atoms with Gasteiger partial charge in [-0.2, -0.15) is 0 Å². The number of hydrogen-bond acceptors (Lipinski definition) is 4. The van der Waals surface area contributed by atoms with E-state index in [-0.39, 0.29) is 17.0 Å². The van der Waals surface area contributed by atoms with Gasteiger partial charge in [-0.25, -0.2) is 8.78 Å². The van der Waals surface area contributed by atoms with E-state index in [2.05, 4.69) is 15.9 Å². The van der Waals surface area contributed by atoms with Gasteiger partial charge >= 0.3 is 0 Å². The molecule has 168 valence electrons. The van der Waals surface area contributed by atoms with E-state index in [1.807, 2.05) is 6.92 Å². The van der Waals surface area contributed by atoms with Gasteiger partial charge in [0.25, 0.3) is 11.7 Å². The first-order valence-electron chi connectivity index (χ1n) is 10.1. The lowest BCUT2D eigenvalue weighted by atomic mass is 9.95. The molecule has 3 aromatic rings. The van der Waals surface area contributed by atoms with Crippen LogP contribution in [0.3, 0.4) is 0 Å². The van der Waals surface area contributed by atoms with Crippen LogP contribution in [0.1, 0.15) is 24.1 Å². The summed E-state index contributed by atoms with van der Waals surface area (Å²) in [4.78, 5) is 27.2. The summed E-state index contributed by atoms with van der Waals surface area (Å²) in [6.45, 7) is 2.29. The molecule has 1 aliphatic rings. The van der Waals surface area contributed by atoms with E-state index < -0.39 is 29.4 Å². The van der Waals surface area contributed by atoms with E-state index in [4.69, 9.17) is 4.74 Å². The number of nitrogens with zero attached hydrogens (tertiary/aromatic N) is 1. The first-order valence-corrected chi connectivity index (χ1v) is 10.9. The van der Waals surface area contributed by atoms with Crippen LogP contribution in [0.4, 0.5) is 14.5 Å². The molecule has 0 spiro atoms. The van der Waals surface area contributed by atoms with Crippen LogP contribution in [-0.4, -0.2) is 23.4 Å². The standard InChI is InChI=1S/C25H18BrF2NO4/c1-2-33-18-10-5-14(6-11-18)22-21(23(30)15-3-7-16(26)8-4-15)24(31)25(32)29(22)17-9-12-19(27)20(28)13-17/h3-13,22,30H,2H2,1H3/b23-21+. The number of rotatable bonds is 5. The number of aliphatic hydroxyl groups is 1. The zero-order valence-electron chi connectivity index (χ0n) is 17.4. The zero-order chi connectivity index (χ0) is 23.7. The summed E-state index contributed by atoms with van der Waals surface area (Å²) >= 11 is 3.32. The van der Waals surface area contributed by atoms with Crippen LogP contribution < -0.4 is 9.64 Å². The summed E-state index contributed by atoms with van der Waals surface area (Å²) < 4.78 is 33.8. The predicted octanol–water partition coefficient (Wildman–Crippen LogP) is 5.75. The monoisotopic (exact) mass is 513 g/mol.